The number of hydrogen-bond donors (Lipinski definition) is 0. The van der Waals surface area contributed by atoms with Gasteiger partial charge in [-0.25, -0.2) is 4.39 Å². The third kappa shape index (κ3) is 4.84. The van der Waals surface area contributed by atoms with Gasteiger partial charge >= 0.3 is 0 Å². The Labute approximate surface area is 118 Å². The van der Waals surface area contributed by atoms with Crippen LogP contribution >= 0.6 is 0 Å². The predicted octanol–water partition coefficient (Wildman–Crippen LogP) is 2.87. The number of aryl methyl sites for hydroxylation is 2. The zero-order valence-corrected chi connectivity index (χ0v) is 12.0. The number of carbonyl (C=O) groups is 1. The van der Waals surface area contributed by atoms with Crippen LogP contribution in [0, 0.1) is 19.7 Å². The smallest absolute Gasteiger partial charge is 0.293 e. The van der Waals surface area contributed by atoms with Gasteiger partial charge in [-0.05, 0) is 32.4 Å². The molecule has 0 aliphatic heterocycles. The van der Waals surface area contributed by atoms with Gasteiger partial charge in [0.25, 0.3) is 6.47 Å². The summed E-state index contributed by atoms with van der Waals surface area (Å²) in [6.07, 6.45) is 1.93. The van der Waals surface area contributed by atoms with Crippen molar-refractivity contribution in [2.75, 3.05) is 6.61 Å². The van der Waals surface area contributed by atoms with Gasteiger partial charge in [-0.15, -0.1) is 0 Å². The quantitative estimate of drug-likeness (QED) is 0.808. The molecule has 0 bridgehead atoms. The first kappa shape index (κ1) is 15.9. The fraction of sp³-hybridized carbons (Fsp3) is 0.333. The molecule has 0 unspecified atom stereocenters. The minimum absolute atomic E-state index is 0.177. The van der Waals surface area contributed by atoms with E-state index >= 15 is 0 Å². The number of rotatable bonds is 4. The Bertz CT molecular complexity index is 533. The van der Waals surface area contributed by atoms with Crippen LogP contribution in [-0.4, -0.2) is 22.9 Å². The maximum atomic E-state index is 13.3. The van der Waals surface area contributed by atoms with Crippen LogP contribution in [-0.2, 0) is 16.1 Å². The molecular weight excluding hydrogens is 259 g/mol. The number of benzene rings is 1. The first-order chi connectivity index (χ1) is 9.58. The van der Waals surface area contributed by atoms with E-state index in [0.717, 1.165) is 11.3 Å². The number of aromatic nitrogens is 2. The Balaban J connectivity index is 0.000000347. The number of hydrogen-bond acceptors (Lipinski definition) is 3. The van der Waals surface area contributed by atoms with Crippen molar-refractivity contribution >= 4 is 6.47 Å². The average molecular weight is 278 g/mol. The zero-order valence-electron chi connectivity index (χ0n) is 12.0. The van der Waals surface area contributed by atoms with Gasteiger partial charge in [0.05, 0.1) is 18.8 Å². The molecule has 0 fully saturated rings. The SMILES string of the molecule is CCOC=O.Cc1cn(Cc2ccccc2F)nc1C. The summed E-state index contributed by atoms with van der Waals surface area (Å²) in [6, 6.07) is 6.78. The summed E-state index contributed by atoms with van der Waals surface area (Å²) in [6.45, 7) is 7.10. The van der Waals surface area contributed by atoms with Crippen molar-refractivity contribution in [1.29, 1.82) is 0 Å². The first-order valence-electron chi connectivity index (χ1n) is 6.37. The van der Waals surface area contributed by atoms with Gasteiger partial charge in [-0.3, -0.25) is 9.48 Å². The number of nitrogens with zero attached hydrogens (tertiary/aromatic N) is 2. The molecule has 0 saturated heterocycles. The van der Waals surface area contributed by atoms with Gasteiger partial charge in [-0.2, -0.15) is 5.10 Å². The fourth-order valence-electron chi connectivity index (χ4n) is 1.57. The Morgan fingerprint density at radius 1 is 1.35 bits per heavy atom. The molecule has 2 aromatic rings. The molecule has 4 nitrogen and oxygen atoms in total. The molecule has 0 radical (unpaired) electrons. The van der Waals surface area contributed by atoms with Crippen LogP contribution in [0.3, 0.4) is 0 Å². The average Bonchev–Trinajstić information content (AvgIpc) is 2.73. The van der Waals surface area contributed by atoms with Crippen LogP contribution in [0.4, 0.5) is 4.39 Å². The minimum atomic E-state index is -0.177. The second kappa shape index (κ2) is 8.09. The summed E-state index contributed by atoms with van der Waals surface area (Å²) in [5, 5.41) is 4.30. The standard InChI is InChI=1S/C12H13FN2.C3H6O2/c1-9-7-15(14-10(9)2)8-11-5-3-4-6-12(11)13;1-2-5-3-4/h3-7H,8H2,1-2H3;3H,2H2,1H3. The molecule has 1 heterocycles. The Kier molecular flexibility index (Phi) is 6.43. The fourth-order valence-corrected chi connectivity index (χ4v) is 1.57. The van der Waals surface area contributed by atoms with Gasteiger partial charge < -0.3 is 4.74 Å². The van der Waals surface area contributed by atoms with Crippen LogP contribution in [0.2, 0.25) is 0 Å². The molecule has 0 spiro atoms. The third-order valence-corrected chi connectivity index (χ3v) is 2.72. The number of halogens is 1. The summed E-state index contributed by atoms with van der Waals surface area (Å²) in [7, 11) is 0. The van der Waals surface area contributed by atoms with Crippen molar-refractivity contribution in [1.82, 2.24) is 9.78 Å². The van der Waals surface area contributed by atoms with Crippen LogP contribution in [0.1, 0.15) is 23.7 Å². The highest BCUT2D eigenvalue weighted by molar-refractivity contribution is 5.36. The largest absolute Gasteiger partial charge is 0.468 e. The molecule has 0 saturated carbocycles. The normalized spacial score (nSPS) is 9.60. The van der Waals surface area contributed by atoms with E-state index in [9.17, 15) is 9.18 Å². The molecule has 0 atom stereocenters. The maximum Gasteiger partial charge on any atom is 0.293 e. The second-order valence-electron chi connectivity index (χ2n) is 4.24. The molecule has 0 amide bonds. The van der Waals surface area contributed by atoms with Crippen molar-refractivity contribution < 1.29 is 13.9 Å². The lowest BCUT2D eigenvalue weighted by Gasteiger charge is -2.02. The summed E-state index contributed by atoms with van der Waals surface area (Å²) >= 11 is 0. The zero-order chi connectivity index (χ0) is 15.0. The van der Waals surface area contributed by atoms with E-state index in [-0.39, 0.29) is 5.82 Å². The van der Waals surface area contributed by atoms with Crippen LogP contribution in [0.25, 0.3) is 0 Å². The van der Waals surface area contributed by atoms with Crippen molar-refractivity contribution in [2.45, 2.75) is 27.3 Å². The van der Waals surface area contributed by atoms with Crippen molar-refractivity contribution in [3.05, 3.63) is 53.1 Å². The van der Waals surface area contributed by atoms with Gasteiger partial charge in [-0.1, -0.05) is 18.2 Å². The molecule has 108 valence electrons. The van der Waals surface area contributed by atoms with E-state index in [1.807, 2.05) is 26.1 Å². The van der Waals surface area contributed by atoms with E-state index in [1.165, 1.54) is 6.07 Å². The molecule has 1 aromatic heterocycles. The topological polar surface area (TPSA) is 44.1 Å². The summed E-state index contributed by atoms with van der Waals surface area (Å²) in [5.41, 5.74) is 2.79. The first-order valence-corrected chi connectivity index (χ1v) is 6.37. The van der Waals surface area contributed by atoms with E-state index < -0.39 is 0 Å². The maximum absolute atomic E-state index is 13.3. The van der Waals surface area contributed by atoms with Gasteiger partial charge in [0.1, 0.15) is 5.82 Å². The van der Waals surface area contributed by atoms with Gasteiger partial charge in [0.2, 0.25) is 0 Å². The molecule has 1 aromatic carbocycles. The highest BCUT2D eigenvalue weighted by atomic mass is 19.1. The van der Waals surface area contributed by atoms with Gasteiger partial charge in [0, 0.05) is 11.8 Å². The molecule has 2 rings (SSSR count). The van der Waals surface area contributed by atoms with E-state index in [4.69, 9.17) is 0 Å². The summed E-state index contributed by atoms with van der Waals surface area (Å²) < 4.78 is 19.3. The third-order valence-electron chi connectivity index (χ3n) is 2.72. The molecule has 20 heavy (non-hydrogen) atoms. The van der Waals surface area contributed by atoms with Crippen LogP contribution in [0.5, 0.6) is 0 Å². The Hall–Kier alpha value is -2.17. The molecule has 5 heteroatoms. The molecule has 0 aliphatic carbocycles. The van der Waals surface area contributed by atoms with Crippen LogP contribution < -0.4 is 0 Å². The number of carbonyl (C=O) groups excluding carboxylic acids is 1. The summed E-state index contributed by atoms with van der Waals surface area (Å²) in [4.78, 5) is 9.18. The molecular formula is C15H19FN2O2. The molecule has 0 aliphatic rings. The molecule has 0 N–H and O–H groups in total. The highest BCUT2D eigenvalue weighted by Crippen LogP contribution is 2.10. The highest BCUT2D eigenvalue weighted by Gasteiger charge is 2.04. The van der Waals surface area contributed by atoms with E-state index in [0.29, 0.717) is 25.2 Å². The lowest BCUT2D eigenvalue weighted by atomic mass is 10.2. The lowest BCUT2D eigenvalue weighted by molar-refractivity contribution is -0.128. The second-order valence-corrected chi connectivity index (χ2v) is 4.24. The lowest BCUT2D eigenvalue weighted by Crippen LogP contribution is -2.02. The monoisotopic (exact) mass is 278 g/mol. The Morgan fingerprint density at radius 3 is 2.50 bits per heavy atom. The van der Waals surface area contributed by atoms with Crippen molar-refractivity contribution in [3.8, 4) is 0 Å². The van der Waals surface area contributed by atoms with E-state index in [1.54, 1.807) is 23.7 Å². The minimum Gasteiger partial charge on any atom is -0.468 e. The van der Waals surface area contributed by atoms with E-state index in [2.05, 4.69) is 9.84 Å². The van der Waals surface area contributed by atoms with Crippen molar-refractivity contribution in [3.63, 3.8) is 0 Å². The van der Waals surface area contributed by atoms with Crippen molar-refractivity contribution in [2.24, 2.45) is 0 Å². The Morgan fingerprint density at radius 2 is 2.05 bits per heavy atom. The predicted molar refractivity (Wildman–Crippen MR) is 74.9 cm³/mol. The van der Waals surface area contributed by atoms with Crippen LogP contribution in [0.15, 0.2) is 30.5 Å². The summed E-state index contributed by atoms with van der Waals surface area (Å²) in [5.74, 6) is -0.177. The number of ether oxygens (including phenoxy) is 1. The van der Waals surface area contributed by atoms with Gasteiger partial charge in [0.15, 0.2) is 0 Å².